The molecule has 0 spiro atoms. The van der Waals surface area contributed by atoms with Crippen molar-refractivity contribution in [2.24, 2.45) is 0 Å². The molecule has 1 fully saturated rings. The first-order valence-electron chi connectivity index (χ1n) is 8.94. The molecule has 0 amide bonds. The number of ketones is 1. The molecule has 1 heterocycles. The van der Waals surface area contributed by atoms with Crippen molar-refractivity contribution in [2.75, 3.05) is 18.0 Å². The van der Waals surface area contributed by atoms with Crippen molar-refractivity contribution in [1.82, 2.24) is 0 Å². The predicted molar refractivity (Wildman–Crippen MR) is 99.8 cm³/mol. The summed E-state index contributed by atoms with van der Waals surface area (Å²) in [5.41, 5.74) is 2.26. The summed E-state index contributed by atoms with van der Waals surface area (Å²) in [6.07, 6.45) is 3.68. The Morgan fingerprint density at radius 1 is 1.04 bits per heavy atom. The van der Waals surface area contributed by atoms with Crippen molar-refractivity contribution in [3.63, 3.8) is 0 Å². The number of carbonyl (C=O) groups is 1. The highest BCUT2D eigenvalue weighted by molar-refractivity contribution is 6.11. The lowest BCUT2D eigenvalue weighted by Gasteiger charge is -2.28. The number of ether oxygens (including phenoxy) is 1. The fourth-order valence-electron chi connectivity index (χ4n) is 3.18. The maximum Gasteiger partial charge on any atom is 0.196 e. The van der Waals surface area contributed by atoms with Gasteiger partial charge in [-0.1, -0.05) is 0 Å². The van der Waals surface area contributed by atoms with E-state index >= 15 is 0 Å². The third-order valence-corrected chi connectivity index (χ3v) is 4.42. The van der Waals surface area contributed by atoms with Gasteiger partial charge in [-0.2, -0.15) is 0 Å². The Morgan fingerprint density at radius 3 is 2.36 bits per heavy atom. The highest BCUT2D eigenvalue weighted by Crippen LogP contribution is 2.28. The number of nitrogens with zero attached hydrogens (tertiary/aromatic N) is 1. The first-order valence-corrected chi connectivity index (χ1v) is 8.94. The van der Waals surface area contributed by atoms with Crippen molar-refractivity contribution < 1.29 is 14.6 Å². The van der Waals surface area contributed by atoms with E-state index in [9.17, 15) is 9.90 Å². The minimum absolute atomic E-state index is 0.0742. The van der Waals surface area contributed by atoms with Gasteiger partial charge in [0, 0.05) is 30.4 Å². The molecule has 0 saturated carbocycles. The Kier molecular flexibility index (Phi) is 5.27. The van der Waals surface area contributed by atoms with E-state index in [1.54, 1.807) is 6.07 Å². The van der Waals surface area contributed by atoms with Crippen LogP contribution in [0.4, 0.5) is 5.69 Å². The number of carbonyl (C=O) groups excluding carboxylic acids is 1. The largest absolute Gasteiger partial charge is 0.508 e. The second-order valence-corrected chi connectivity index (χ2v) is 6.77. The summed E-state index contributed by atoms with van der Waals surface area (Å²) < 4.78 is 5.70. The molecule has 3 rings (SSSR count). The van der Waals surface area contributed by atoms with Crippen LogP contribution in [0, 0.1) is 0 Å². The van der Waals surface area contributed by atoms with Crippen molar-refractivity contribution in [2.45, 2.75) is 39.2 Å². The molecule has 2 aromatic carbocycles. The number of hydrogen-bond acceptors (Lipinski definition) is 4. The SMILES string of the molecule is CC(C)Oc1cc(O)ccc1C(=O)c1ccc(N2CCCCC2)cc1. The van der Waals surface area contributed by atoms with Crippen molar-refractivity contribution in [3.05, 3.63) is 53.6 Å². The van der Waals surface area contributed by atoms with Gasteiger partial charge in [-0.15, -0.1) is 0 Å². The van der Waals surface area contributed by atoms with E-state index in [-0.39, 0.29) is 17.6 Å². The molecule has 0 aromatic heterocycles. The molecule has 0 bridgehead atoms. The van der Waals surface area contributed by atoms with Crippen LogP contribution in [0.25, 0.3) is 0 Å². The third kappa shape index (κ3) is 4.13. The molecule has 0 radical (unpaired) electrons. The van der Waals surface area contributed by atoms with Gasteiger partial charge in [0.2, 0.25) is 0 Å². The quantitative estimate of drug-likeness (QED) is 0.820. The van der Waals surface area contributed by atoms with Crippen molar-refractivity contribution in [3.8, 4) is 11.5 Å². The molecule has 2 aromatic rings. The van der Waals surface area contributed by atoms with Gasteiger partial charge in [-0.25, -0.2) is 0 Å². The van der Waals surface area contributed by atoms with E-state index in [1.165, 1.54) is 37.1 Å². The number of rotatable bonds is 5. The van der Waals surface area contributed by atoms with Gasteiger partial charge in [-0.3, -0.25) is 4.79 Å². The van der Waals surface area contributed by atoms with Crippen LogP contribution < -0.4 is 9.64 Å². The van der Waals surface area contributed by atoms with Crippen molar-refractivity contribution >= 4 is 11.5 Å². The number of benzene rings is 2. The van der Waals surface area contributed by atoms with Gasteiger partial charge in [0.25, 0.3) is 0 Å². The summed E-state index contributed by atoms with van der Waals surface area (Å²) in [7, 11) is 0. The molecule has 1 aliphatic heterocycles. The number of anilines is 1. The molecule has 25 heavy (non-hydrogen) atoms. The summed E-state index contributed by atoms with van der Waals surface area (Å²) in [4.78, 5) is 15.2. The van der Waals surface area contributed by atoms with Crippen LogP contribution in [0.5, 0.6) is 11.5 Å². The van der Waals surface area contributed by atoms with Gasteiger partial charge in [-0.05, 0) is 69.5 Å². The van der Waals surface area contributed by atoms with E-state index in [1.807, 2.05) is 38.1 Å². The summed E-state index contributed by atoms with van der Waals surface area (Å²) in [5.74, 6) is 0.411. The molecule has 1 saturated heterocycles. The van der Waals surface area contributed by atoms with Crippen LogP contribution in [0.1, 0.15) is 49.0 Å². The van der Waals surface area contributed by atoms with Crippen LogP contribution in [0.2, 0.25) is 0 Å². The zero-order chi connectivity index (χ0) is 17.8. The van der Waals surface area contributed by atoms with Gasteiger partial charge < -0.3 is 14.7 Å². The zero-order valence-electron chi connectivity index (χ0n) is 14.9. The molecule has 4 nitrogen and oxygen atoms in total. The van der Waals surface area contributed by atoms with Crippen LogP contribution >= 0.6 is 0 Å². The van der Waals surface area contributed by atoms with E-state index < -0.39 is 0 Å². The lowest BCUT2D eigenvalue weighted by molar-refractivity contribution is 0.103. The lowest BCUT2D eigenvalue weighted by atomic mass is 10.0. The number of hydrogen-bond donors (Lipinski definition) is 1. The van der Waals surface area contributed by atoms with Gasteiger partial charge >= 0.3 is 0 Å². The van der Waals surface area contributed by atoms with E-state index in [4.69, 9.17) is 4.74 Å². The first kappa shape index (κ1) is 17.3. The fourth-order valence-corrected chi connectivity index (χ4v) is 3.18. The average Bonchev–Trinajstić information content (AvgIpc) is 2.62. The lowest BCUT2D eigenvalue weighted by Crippen LogP contribution is -2.29. The molecule has 1 aliphatic rings. The van der Waals surface area contributed by atoms with Gasteiger partial charge in [0.1, 0.15) is 11.5 Å². The maximum atomic E-state index is 12.9. The van der Waals surface area contributed by atoms with E-state index in [0.717, 1.165) is 13.1 Å². The van der Waals surface area contributed by atoms with Crippen LogP contribution in [0.15, 0.2) is 42.5 Å². The Balaban J connectivity index is 1.83. The van der Waals surface area contributed by atoms with E-state index in [2.05, 4.69) is 4.90 Å². The van der Waals surface area contributed by atoms with Gasteiger partial charge in [0.15, 0.2) is 5.78 Å². The molecule has 0 unspecified atom stereocenters. The summed E-state index contributed by atoms with van der Waals surface area (Å²) in [6.45, 7) is 5.95. The van der Waals surface area contributed by atoms with Crippen LogP contribution in [-0.4, -0.2) is 30.1 Å². The molecule has 4 heteroatoms. The summed E-state index contributed by atoms with van der Waals surface area (Å²) in [6, 6.07) is 12.4. The molecule has 0 atom stereocenters. The second-order valence-electron chi connectivity index (χ2n) is 6.77. The number of phenols is 1. The van der Waals surface area contributed by atoms with Crippen LogP contribution in [0.3, 0.4) is 0 Å². The minimum atomic E-state index is -0.0964. The smallest absolute Gasteiger partial charge is 0.196 e. The molecular weight excluding hydrogens is 314 g/mol. The molecule has 132 valence electrons. The third-order valence-electron chi connectivity index (χ3n) is 4.42. The topological polar surface area (TPSA) is 49.8 Å². The van der Waals surface area contributed by atoms with Gasteiger partial charge in [0.05, 0.1) is 11.7 Å². The first-order chi connectivity index (χ1) is 12.0. The predicted octanol–water partition coefficient (Wildman–Crippen LogP) is 4.40. The van der Waals surface area contributed by atoms with Crippen molar-refractivity contribution in [1.29, 1.82) is 0 Å². The highest BCUT2D eigenvalue weighted by atomic mass is 16.5. The van der Waals surface area contributed by atoms with E-state index in [0.29, 0.717) is 16.9 Å². The number of aromatic hydroxyl groups is 1. The monoisotopic (exact) mass is 339 g/mol. The Labute approximate surface area is 149 Å². The minimum Gasteiger partial charge on any atom is -0.508 e. The Morgan fingerprint density at radius 2 is 1.72 bits per heavy atom. The standard InChI is InChI=1S/C21H25NO3/c1-15(2)25-20-14-18(23)10-11-19(20)21(24)16-6-8-17(9-7-16)22-12-4-3-5-13-22/h6-11,14-15,23H,3-5,12-13H2,1-2H3. The fraction of sp³-hybridized carbons (Fsp3) is 0.381. The Bertz CT molecular complexity index is 731. The molecule has 0 aliphatic carbocycles. The molecule has 1 N–H and O–H groups in total. The molecular formula is C21H25NO3. The summed E-state index contributed by atoms with van der Waals surface area (Å²) >= 11 is 0. The zero-order valence-corrected chi connectivity index (χ0v) is 14.9. The normalized spacial score (nSPS) is 14.6. The average molecular weight is 339 g/mol. The highest BCUT2D eigenvalue weighted by Gasteiger charge is 2.17. The second kappa shape index (κ2) is 7.60. The summed E-state index contributed by atoms with van der Waals surface area (Å²) in [5, 5.41) is 9.69. The van der Waals surface area contributed by atoms with Crippen LogP contribution in [-0.2, 0) is 0 Å². The Hall–Kier alpha value is -2.49. The maximum absolute atomic E-state index is 12.9. The number of phenolic OH excluding ortho intramolecular Hbond substituents is 1. The number of piperidine rings is 1.